The summed E-state index contributed by atoms with van der Waals surface area (Å²) in [6, 6.07) is 9.97. The lowest BCUT2D eigenvalue weighted by Gasteiger charge is -2.32. The molecule has 0 aliphatic rings. The number of rotatable bonds is 7. The topological polar surface area (TPSA) is 46.3 Å². The SMILES string of the molecule is CCCN(CCCN)C(=O)C(C)(C)c1ccccc1. The molecular weight excluding hydrogens is 236 g/mol. The van der Waals surface area contributed by atoms with E-state index in [2.05, 4.69) is 6.92 Å². The zero-order valence-electron chi connectivity index (χ0n) is 12.4. The Morgan fingerprint density at radius 3 is 2.37 bits per heavy atom. The highest BCUT2D eigenvalue weighted by atomic mass is 16.2. The van der Waals surface area contributed by atoms with Gasteiger partial charge in [0.05, 0.1) is 5.41 Å². The Kier molecular flexibility index (Phi) is 6.03. The van der Waals surface area contributed by atoms with Gasteiger partial charge in [-0.05, 0) is 38.8 Å². The Hall–Kier alpha value is -1.35. The second-order valence-electron chi connectivity index (χ2n) is 5.43. The molecule has 0 aliphatic heterocycles. The molecule has 3 heteroatoms. The molecule has 0 saturated heterocycles. The summed E-state index contributed by atoms with van der Waals surface area (Å²) in [6.45, 7) is 8.26. The standard InChI is InChI=1S/C16H26N2O/c1-4-12-18(13-8-11-17)15(19)16(2,3)14-9-6-5-7-10-14/h5-7,9-10H,4,8,11-13,17H2,1-3H3. The van der Waals surface area contributed by atoms with Crippen LogP contribution in [0.25, 0.3) is 0 Å². The van der Waals surface area contributed by atoms with Gasteiger partial charge in [-0.3, -0.25) is 4.79 Å². The molecule has 0 radical (unpaired) electrons. The molecule has 1 aromatic rings. The van der Waals surface area contributed by atoms with Crippen LogP contribution in [0.5, 0.6) is 0 Å². The van der Waals surface area contributed by atoms with Gasteiger partial charge in [0.1, 0.15) is 0 Å². The first kappa shape index (κ1) is 15.7. The number of benzene rings is 1. The third-order valence-electron chi connectivity index (χ3n) is 3.44. The summed E-state index contributed by atoms with van der Waals surface area (Å²) in [6.07, 6.45) is 1.83. The fourth-order valence-electron chi connectivity index (χ4n) is 2.24. The Morgan fingerprint density at radius 1 is 1.21 bits per heavy atom. The average molecular weight is 262 g/mol. The second-order valence-corrected chi connectivity index (χ2v) is 5.43. The van der Waals surface area contributed by atoms with Crippen molar-refractivity contribution in [2.45, 2.75) is 39.0 Å². The third kappa shape index (κ3) is 4.06. The smallest absolute Gasteiger partial charge is 0.232 e. The van der Waals surface area contributed by atoms with Crippen LogP contribution in [0.2, 0.25) is 0 Å². The second kappa shape index (κ2) is 7.29. The van der Waals surface area contributed by atoms with Crippen molar-refractivity contribution in [3.63, 3.8) is 0 Å². The number of amides is 1. The summed E-state index contributed by atoms with van der Waals surface area (Å²) in [7, 11) is 0. The molecule has 0 aliphatic carbocycles. The molecule has 19 heavy (non-hydrogen) atoms. The molecule has 0 aromatic heterocycles. The van der Waals surface area contributed by atoms with Crippen LogP contribution in [0.3, 0.4) is 0 Å². The van der Waals surface area contributed by atoms with Crippen LogP contribution in [0, 0.1) is 0 Å². The van der Waals surface area contributed by atoms with Crippen molar-refractivity contribution < 1.29 is 4.79 Å². The van der Waals surface area contributed by atoms with Gasteiger partial charge >= 0.3 is 0 Å². The van der Waals surface area contributed by atoms with Crippen molar-refractivity contribution >= 4 is 5.91 Å². The fraction of sp³-hybridized carbons (Fsp3) is 0.562. The van der Waals surface area contributed by atoms with Gasteiger partial charge in [0.2, 0.25) is 5.91 Å². The summed E-state index contributed by atoms with van der Waals surface area (Å²) in [5.41, 5.74) is 6.14. The van der Waals surface area contributed by atoms with Gasteiger partial charge in [0, 0.05) is 13.1 Å². The number of hydrogen-bond acceptors (Lipinski definition) is 2. The Morgan fingerprint density at radius 2 is 1.84 bits per heavy atom. The molecule has 0 unspecified atom stereocenters. The molecule has 3 nitrogen and oxygen atoms in total. The van der Waals surface area contributed by atoms with Crippen LogP contribution >= 0.6 is 0 Å². The molecule has 0 heterocycles. The summed E-state index contributed by atoms with van der Waals surface area (Å²) in [5.74, 6) is 0.189. The minimum absolute atomic E-state index is 0.189. The fourth-order valence-corrected chi connectivity index (χ4v) is 2.24. The van der Waals surface area contributed by atoms with Gasteiger partial charge in [-0.2, -0.15) is 0 Å². The quantitative estimate of drug-likeness (QED) is 0.821. The van der Waals surface area contributed by atoms with Crippen molar-refractivity contribution in [2.75, 3.05) is 19.6 Å². The summed E-state index contributed by atoms with van der Waals surface area (Å²) in [4.78, 5) is 14.7. The first-order chi connectivity index (χ1) is 9.04. The zero-order valence-corrected chi connectivity index (χ0v) is 12.4. The van der Waals surface area contributed by atoms with Gasteiger partial charge in [0.25, 0.3) is 0 Å². The monoisotopic (exact) mass is 262 g/mol. The molecule has 1 aromatic carbocycles. The molecule has 0 fully saturated rings. The van der Waals surface area contributed by atoms with Crippen molar-refractivity contribution in [1.29, 1.82) is 0 Å². The molecule has 0 atom stereocenters. The van der Waals surface area contributed by atoms with Crippen LogP contribution in [-0.4, -0.2) is 30.4 Å². The van der Waals surface area contributed by atoms with Crippen LogP contribution in [-0.2, 0) is 10.2 Å². The van der Waals surface area contributed by atoms with Crippen LogP contribution in [0.15, 0.2) is 30.3 Å². The Bertz CT molecular complexity index is 387. The Balaban J connectivity index is 2.88. The average Bonchev–Trinajstić information content (AvgIpc) is 2.43. The lowest BCUT2D eigenvalue weighted by atomic mass is 9.83. The van der Waals surface area contributed by atoms with Crippen LogP contribution in [0.4, 0.5) is 0 Å². The predicted molar refractivity (Wildman–Crippen MR) is 80.0 cm³/mol. The predicted octanol–water partition coefficient (Wildman–Crippen LogP) is 2.55. The first-order valence-corrected chi connectivity index (χ1v) is 7.09. The maximum Gasteiger partial charge on any atom is 0.232 e. The van der Waals surface area contributed by atoms with Crippen LogP contribution < -0.4 is 5.73 Å². The van der Waals surface area contributed by atoms with E-state index in [0.717, 1.165) is 31.5 Å². The number of carbonyl (C=O) groups excluding carboxylic acids is 1. The van der Waals surface area contributed by atoms with Crippen molar-refractivity contribution in [3.05, 3.63) is 35.9 Å². The van der Waals surface area contributed by atoms with E-state index in [1.165, 1.54) is 0 Å². The molecular formula is C16H26N2O. The molecule has 0 spiro atoms. The number of nitrogens with two attached hydrogens (primary N) is 1. The number of nitrogens with zero attached hydrogens (tertiary/aromatic N) is 1. The van der Waals surface area contributed by atoms with E-state index >= 15 is 0 Å². The molecule has 2 N–H and O–H groups in total. The third-order valence-corrected chi connectivity index (χ3v) is 3.44. The van der Waals surface area contributed by atoms with Crippen molar-refractivity contribution in [1.82, 2.24) is 4.90 Å². The maximum absolute atomic E-state index is 12.7. The van der Waals surface area contributed by atoms with Gasteiger partial charge < -0.3 is 10.6 Å². The lowest BCUT2D eigenvalue weighted by molar-refractivity contribution is -0.136. The first-order valence-electron chi connectivity index (χ1n) is 7.09. The number of hydrogen-bond donors (Lipinski definition) is 1. The largest absolute Gasteiger partial charge is 0.342 e. The van der Waals surface area contributed by atoms with Gasteiger partial charge in [-0.1, -0.05) is 37.3 Å². The summed E-state index contributed by atoms with van der Waals surface area (Å²) < 4.78 is 0. The highest BCUT2D eigenvalue weighted by Gasteiger charge is 2.32. The highest BCUT2D eigenvalue weighted by molar-refractivity contribution is 5.87. The molecule has 106 valence electrons. The van der Waals surface area contributed by atoms with E-state index in [-0.39, 0.29) is 5.91 Å². The van der Waals surface area contributed by atoms with E-state index in [1.54, 1.807) is 0 Å². The highest BCUT2D eigenvalue weighted by Crippen LogP contribution is 2.25. The Labute approximate surface area is 116 Å². The van der Waals surface area contributed by atoms with Gasteiger partial charge in [-0.25, -0.2) is 0 Å². The normalized spacial score (nSPS) is 11.4. The molecule has 0 saturated carbocycles. The van der Waals surface area contributed by atoms with E-state index < -0.39 is 5.41 Å². The van der Waals surface area contributed by atoms with E-state index in [0.29, 0.717) is 6.54 Å². The number of carbonyl (C=O) groups is 1. The van der Waals surface area contributed by atoms with Crippen LogP contribution in [0.1, 0.15) is 39.2 Å². The lowest BCUT2D eigenvalue weighted by Crippen LogP contribution is -2.44. The molecule has 1 amide bonds. The van der Waals surface area contributed by atoms with Crippen molar-refractivity contribution in [3.8, 4) is 0 Å². The summed E-state index contributed by atoms with van der Waals surface area (Å²) in [5, 5.41) is 0. The molecule has 1 rings (SSSR count). The van der Waals surface area contributed by atoms with E-state index in [4.69, 9.17) is 5.73 Å². The van der Waals surface area contributed by atoms with E-state index in [1.807, 2.05) is 49.1 Å². The van der Waals surface area contributed by atoms with Gasteiger partial charge in [-0.15, -0.1) is 0 Å². The molecule has 0 bridgehead atoms. The van der Waals surface area contributed by atoms with E-state index in [9.17, 15) is 4.79 Å². The zero-order chi connectivity index (χ0) is 14.3. The van der Waals surface area contributed by atoms with Crippen molar-refractivity contribution in [2.24, 2.45) is 5.73 Å². The summed E-state index contributed by atoms with van der Waals surface area (Å²) >= 11 is 0. The van der Waals surface area contributed by atoms with Gasteiger partial charge in [0.15, 0.2) is 0 Å². The minimum atomic E-state index is -0.481. The minimum Gasteiger partial charge on any atom is -0.342 e. The maximum atomic E-state index is 12.7.